The third-order valence-electron chi connectivity index (χ3n) is 3.44. The summed E-state index contributed by atoms with van der Waals surface area (Å²) < 4.78 is 5.14. The third kappa shape index (κ3) is 5.16. The van der Waals surface area contributed by atoms with E-state index in [0.717, 1.165) is 12.2 Å². The molecular formula is C13H26N2O2S. The van der Waals surface area contributed by atoms with Crippen molar-refractivity contribution in [3.63, 3.8) is 0 Å². The van der Waals surface area contributed by atoms with Gasteiger partial charge in [0, 0.05) is 24.9 Å². The lowest BCUT2D eigenvalue weighted by molar-refractivity contribution is -0.124. The number of nitrogens with one attached hydrogen (secondary N) is 1. The molecule has 18 heavy (non-hydrogen) atoms. The number of amides is 1. The van der Waals surface area contributed by atoms with Crippen molar-refractivity contribution < 1.29 is 9.53 Å². The Labute approximate surface area is 114 Å². The summed E-state index contributed by atoms with van der Waals surface area (Å²) in [6.07, 6.45) is 5.03. The van der Waals surface area contributed by atoms with Crippen LogP contribution in [0.5, 0.6) is 0 Å². The summed E-state index contributed by atoms with van der Waals surface area (Å²) in [5, 5.41) is 3.73. The third-order valence-corrected chi connectivity index (χ3v) is 4.76. The minimum atomic E-state index is -0.161. The maximum Gasteiger partial charge on any atom is 0.222 e. The number of hydrogen-bond donors (Lipinski definition) is 2. The monoisotopic (exact) mass is 274 g/mol. The standard InChI is InChI=1S/C13H26N2O2S/c1-3-18-12-7-5-4-6-11(12)15-13(16)8-10(9-14)17-2/h10-12H,3-9,14H2,1-2H3,(H,15,16). The summed E-state index contributed by atoms with van der Waals surface area (Å²) in [4.78, 5) is 11.9. The van der Waals surface area contributed by atoms with Crippen molar-refractivity contribution in [1.82, 2.24) is 5.32 Å². The highest BCUT2D eigenvalue weighted by molar-refractivity contribution is 7.99. The average Bonchev–Trinajstić information content (AvgIpc) is 2.38. The van der Waals surface area contributed by atoms with Crippen molar-refractivity contribution in [2.24, 2.45) is 5.73 Å². The van der Waals surface area contributed by atoms with Crippen molar-refractivity contribution in [3.05, 3.63) is 0 Å². The summed E-state index contributed by atoms with van der Waals surface area (Å²) in [6.45, 7) is 2.56. The van der Waals surface area contributed by atoms with E-state index in [-0.39, 0.29) is 12.0 Å². The van der Waals surface area contributed by atoms with Crippen molar-refractivity contribution in [3.8, 4) is 0 Å². The Bertz CT molecular complexity index is 245. The van der Waals surface area contributed by atoms with Gasteiger partial charge in [-0.05, 0) is 18.6 Å². The molecule has 0 saturated heterocycles. The molecule has 4 nitrogen and oxygen atoms in total. The highest BCUT2D eigenvalue weighted by Crippen LogP contribution is 2.28. The fourth-order valence-electron chi connectivity index (χ4n) is 2.41. The number of rotatable bonds is 7. The topological polar surface area (TPSA) is 64.4 Å². The van der Waals surface area contributed by atoms with Gasteiger partial charge in [-0.25, -0.2) is 0 Å². The van der Waals surface area contributed by atoms with Crippen LogP contribution in [-0.4, -0.2) is 42.7 Å². The van der Waals surface area contributed by atoms with Crippen LogP contribution in [0.4, 0.5) is 0 Å². The molecule has 3 unspecified atom stereocenters. The maximum atomic E-state index is 11.9. The van der Waals surface area contributed by atoms with Gasteiger partial charge in [-0.3, -0.25) is 4.79 Å². The molecule has 3 atom stereocenters. The first-order valence-electron chi connectivity index (χ1n) is 6.85. The van der Waals surface area contributed by atoms with E-state index < -0.39 is 0 Å². The Hall–Kier alpha value is -0.260. The quantitative estimate of drug-likeness (QED) is 0.739. The van der Waals surface area contributed by atoms with E-state index in [0.29, 0.717) is 24.3 Å². The summed E-state index contributed by atoms with van der Waals surface area (Å²) >= 11 is 1.96. The normalized spacial score (nSPS) is 25.7. The fraction of sp³-hybridized carbons (Fsp3) is 0.923. The Morgan fingerprint density at radius 2 is 2.22 bits per heavy atom. The number of hydrogen-bond acceptors (Lipinski definition) is 4. The molecule has 1 fully saturated rings. The van der Waals surface area contributed by atoms with E-state index in [1.807, 2.05) is 11.8 Å². The number of carbonyl (C=O) groups excluding carboxylic acids is 1. The molecule has 0 aromatic heterocycles. The molecule has 3 N–H and O–H groups in total. The molecule has 106 valence electrons. The molecule has 0 bridgehead atoms. The summed E-state index contributed by atoms with van der Waals surface area (Å²) in [5.41, 5.74) is 5.53. The second-order valence-corrected chi connectivity index (χ2v) is 6.27. The van der Waals surface area contributed by atoms with E-state index in [4.69, 9.17) is 10.5 Å². The highest BCUT2D eigenvalue weighted by Gasteiger charge is 2.26. The second kappa shape index (κ2) is 8.77. The van der Waals surface area contributed by atoms with Crippen molar-refractivity contribution in [2.75, 3.05) is 19.4 Å². The van der Waals surface area contributed by atoms with Crippen LogP contribution in [-0.2, 0) is 9.53 Å². The number of carbonyl (C=O) groups is 1. The Balaban J connectivity index is 2.40. The lowest BCUT2D eigenvalue weighted by atomic mass is 9.94. The molecule has 0 radical (unpaired) electrons. The van der Waals surface area contributed by atoms with Gasteiger partial charge in [0.1, 0.15) is 0 Å². The molecule has 0 aromatic carbocycles. The van der Waals surface area contributed by atoms with Gasteiger partial charge in [-0.15, -0.1) is 0 Å². The Kier molecular flexibility index (Phi) is 7.70. The zero-order chi connectivity index (χ0) is 13.4. The zero-order valence-corrected chi connectivity index (χ0v) is 12.3. The van der Waals surface area contributed by atoms with Crippen LogP contribution in [0, 0.1) is 0 Å². The van der Waals surface area contributed by atoms with Crippen LogP contribution in [0.25, 0.3) is 0 Å². The van der Waals surface area contributed by atoms with Gasteiger partial charge in [-0.1, -0.05) is 19.8 Å². The Morgan fingerprint density at radius 3 is 2.83 bits per heavy atom. The largest absolute Gasteiger partial charge is 0.380 e. The lowest BCUT2D eigenvalue weighted by Crippen LogP contribution is -2.45. The van der Waals surface area contributed by atoms with Gasteiger partial charge < -0.3 is 15.8 Å². The molecule has 0 spiro atoms. The average molecular weight is 274 g/mol. The lowest BCUT2D eigenvalue weighted by Gasteiger charge is -2.32. The molecule has 1 rings (SSSR count). The van der Waals surface area contributed by atoms with E-state index in [1.165, 1.54) is 19.3 Å². The molecule has 0 heterocycles. The molecule has 1 amide bonds. The predicted molar refractivity (Wildman–Crippen MR) is 76.8 cm³/mol. The van der Waals surface area contributed by atoms with E-state index in [1.54, 1.807) is 7.11 Å². The summed E-state index contributed by atoms with van der Waals surface area (Å²) in [5.74, 6) is 1.18. The first-order valence-corrected chi connectivity index (χ1v) is 7.90. The Morgan fingerprint density at radius 1 is 1.50 bits per heavy atom. The van der Waals surface area contributed by atoms with Gasteiger partial charge in [0.05, 0.1) is 12.5 Å². The molecule has 0 aliphatic heterocycles. The second-order valence-electron chi connectivity index (χ2n) is 4.75. The van der Waals surface area contributed by atoms with E-state index >= 15 is 0 Å². The fourth-order valence-corrected chi connectivity index (χ4v) is 3.61. The van der Waals surface area contributed by atoms with Gasteiger partial charge in [0.15, 0.2) is 0 Å². The predicted octanol–water partition coefficient (Wildman–Crippen LogP) is 1.53. The van der Waals surface area contributed by atoms with Crippen LogP contribution >= 0.6 is 11.8 Å². The maximum absolute atomic E-state index is 11.9. The summed E-state index contributed by atoms with van der Waals surface area (Å²) in [6, 6.07) is 0.325. The molecule has 5 heteroatoms. The molecule has 1 aliphatic rings. The highest BCUT2D eigenvalue weighted by atomic mass is 32.2. The van der Waals surface area contributed by atoms with Gasteiger partial charge >= 0.3 is 0 Å². The number of methoxy groups -OCH3 is 1. The van der Waals surface area contributed by atoms with Gasteiger partial charge in [0.25, 0.3) is 0 Å². The first kappa shape index (κ1) is 15.8. The van der Waals surface area contributed by atoms with Crippen molar-refractivity contribution in [2.45, 2.75) is 56.4 Å². The summed E-state index contributed by atoms with van der Waals surface area (Å²) in [7, 11) is 1.60. The van der Waals surface area contributed by atoms with Crippen LogP contribution in [0.3, 0.4) is 0 Å². The van der Waals surface area contributed by atoms with Gasteiger partial charge in [0.2, 0.25) is 5.91 Å². The molecule has 1 saturated carbocycles. The minimum absolute atomic E-state index is 0.0703. The van der Waals surface area contributed by atoms with Gasteiger partial charge in [-0.2, -0.15) is 11.8 Å². The molecule has 1 aliphatic carbocycles. The van der Waals surface area contributed by atoms with Crippen LogP contribution < -0.4 is 11.1 Å². The van der Waals surface area contributed by atoms with E-state index in [9.17, 15) is 4.79 Å². The first-order chi connectivity index (χ1) is 8.71. The van der Waals surface area contributed by atoms with Crippen molar-refractivity contribution in [1.29, 1.82) is 0 Å². The van der Waals surface area contributed by atoms with Crippen LogP contribution in [0.1, 0.15) is 39.0 Å². The molecular weight excluding hydrogens is 248 g/mol. The van der Waals surface area contributed by atoms with Crippen LogP contribution in [0.15, 0.2) is 0 Å². The van der Waals surface area contributed by atoms with Crippen molar-refractivity contribution >= 4 is 17.7 Å². The number of nitrogens with two attached hydrogens (primary N) is 1. The SMILES string of the molecule is CCSC1CCCCC1NC(=O)CC(CN)OC. The number of thioether (sulfide) groups is 1. The smallest absolute Gasteiger partial charge is 0.222 e. The van der Waals surface area contributed by atoms with E-state index in [2.05, 4.69) is 12.2 Å². The molecule has 0 aromatic rings. The minimum Gasteiger partial charge on any atom is -0.380 e. The van der Waals surface area contributed by atoms with Crippen LogP contribution in [0.2, 0.25) is 0 Å². The zero-order valence-electron chi connectivity index (χ0n) is 11.5. The number of ether oxygens (including phenoxy) is 1.